The van der Waals surface area contributed by atoms with Gasteiger partial charge < -0.3 is 47.8 Å². The second-order valence-electron chi connectivity index (χ2n) is 6.16. The molecule has 0 saturated heterocycles. The van der Waals surface area contributed by atoms with E-state index in [-0.39, 0.29) is 12.8 Å². The van der Waals surface area contributed by atoms with E-state index >= 15 is 0 Å². The number of hydrogen-bond acceptors (Lipinski definition) is 9. The van der Waals surface area contributed by atoms with Crippen LogP contribution in [0.15, 0.2) is 0 Å². The number of nitrogens with one attached hydrogen (secondary N) is 3. The molecule has 0 aliphatic heterocycles. The molecule has 11 N–H and O–H groups in total. The lowest BCUT2D eigenvalue weighted by Gasteiger charge is -2.23. The van der Waals surface area contributed by atoms with E-state index in [9.17, 15) is 39.3 Å². The van der Waals surface area contributed by atoms with Crippen LogP contribution in [0.2, 0.25) is 0 Å². The van der Waals surface area contributed by atoms with Crippen molar-refractivity contribution in [2.45, 2.75) is 50.0 Å². The van der Waals surface area contributed by atoms with E-state index < -0.39 is 73.1 Å². The maximum absolute atomic E-state index is 12.2. The van der Waals surface area contributed by atoms with E-state index in [0.717, 1.165) is 0 Å². The Balaban J connectivity index is 5.01. The molecule has 14 nitrogen and oxygen atoms in total. The van der Waals surface area contributed by atoms with E-state index in [0.29, 0.717) is 0 Å². The second kappa shape index (κ2) is 12.6. The quantitative estimate of drug-likeness (QED) is 0.136. The van der Waals surface area contributed by atoms with Crippen LogP contribution >= 0.6 is 0 Å². The van der Waals surface area contributed by atoms with Gasteiger partial charge in [0.1, 0.15) is 24.2 Å². The molecule has 0 heterocycles. The van der Waals surface area contributed by atoms with Gasteiger partial charge in [0.15, 0.2) is 0 Å². The van der Waals surface area contributed by atoms with Crippen LogP contribution in [0.4, 0.5) is 0 Å². The number of aliphatic carboxylic acids is 1. The molecule has 14 heteroatoms. The Kier molecular flexibility index (Phi) is 11.4. The van der Waals surface area contributed by atoms with Gasteiger partial charge in [0.2, 0.25) is 23.6 Å². The number of carboxylic acids is 1. The summed E-state index contributed by atoms with van der Waals surface area (Å²) < 4.78 is 0. The first-order chi connectivity index (χ1) is 13.4. The number of amides is 4. The molecular weight excluding hydrogens is 394 g/mol. The fourth-order valence-electron chi connectivity index (χ4n) is 1.96. The Morgan fingerprint density at radius 1 is 0.862 bits per heavy atom. The van der Waals surface area contributed by atoms with Gasteiger partial charge in [-0.25, -0.2) is 4.79 Å². The van der Waals surface area contributed by atoms with E-state index in [1.165, 1.54) is 6.92 Å². The number of nitrogens with two attached hydrogens (primary N) is 2. The summed E-state index contributed by atoms with van der Waals surface area (Å²) in [7, 11) is 0. The van der Waals surface area contributed by atoms with Gasteiger partial charge in [-0.3, -0.25) is 19.2 Å². The van der Waals surface area contributed by atoms with Crippen molar-refractivity contribution >= 4 is 29.6 Å². The first-order valence-corrected chi connectivity index (χ1v) is 8.52. The number of primary amides is 1. The van der Waals surface area contributed by atoms with Gasteiger partial charge in [-0.05, 0) is 13.3 Å². The van der Waals surface area contributed by atoms with E-state index in [1.54, 1.807) is 0 Å². The van der Waals surface area contributed by atoms with Crippen molar-refractivity contribution in [1.29, 1.82) is 0 Å². The molecule has 29 heavy (non-hydrogen) atoms. The highest BCUT2D eigenvalue weighted by atomic mass is 16.4. The standard InChI is InChI=1S/C15H27N5O9/c1-6(23)11(17)14(27)20-9(5-22)13(26)19-8(4-21)12(25)18-7(15(28)29)2-3-10(16)24/h6-9,11,21-23H,2-5,17H2,1H3,(H2,16,24)(H,18,25)(H,19,26)(H,20,27)(H,28,29). The zero-order valence-corrected chi connectivity index (χ0v) is 15.7. The van der Waals surface area contributed by atoms with Crippen molar-refractivity contribution < 1.29 is 44.4 Å². The smallest absolute Gasteiger partial charge is 0.326 e. The number of rotatable bonds is 13. The second-order valence-corrected chi connectivity index (χ2v) is 6.16. The molecular formula is C15H27N5O9. The fourth-order valence-corrected chi connectivity index (χ4v) is 1.96. The lowest BCUT2D eigenvalue weighted by Crippen LogP contribution is -2.59. The number of aliphatic hydroxyl groups excluding tert-OH is 3. The topological polar surface area (TPSA) is 254 Å². The average molecular weight is 421 g/mol. The van der Waals surface area contributed by atoms with Gasteiger partial charge in [-0.15, -0.1) is 0 Å². The normalized spacial score (nSPS) is 15.9. The van der Waals surface area contributed by atoms with Crippen LogP contribution in [-0.4, -0.2) is 93.5 Å². The van der Waals surface area contributed by atoms with Crippen LogP contribution in [0.1, 0.15) is 19.8 Å². The third-order valence-corrected chi connectivity index (χ3v) is 3.75. The molecule has 0 radical (unpaired) electrons. The number of carboxylic acid groups (broad SMARTS) is 1. The summed E-state index contributed by atoms with van der Waals surface area (Å²) in [6, 6.07) is -6.05. The molecule has 0 aromatic heterocycles. The molecule has 0 aromatic carbocycles. The van der Waals surface area contributed by atoms with Crippen LogP contribution in [0.5, 0.6) is 0 Å². The van der Waals surface area contributed by atoms with E-state index in [2.05, 4.69) is 5.32 Å². The monoisotopic (exact) mass is 421 g/mol. The molecule has 0 spiro atoms. The first-order valence-electron chi connectivity index (χ1n) is 8.52. The van der Waals surface area contributed by atoms with E-state index in [4.69, 9.17) is 16.6 Å². The molecule has 0 saturated carbocycles. The molecule has 0 fully saturated rings. The lowest BCUT2D eigenvalue weighted by molar-refractivity contribution is -0.143. The minimum atomic E-state index is -1.62. The van der Waals surface area contributed by atoms with Crippen LogP contribution in [0.25, 0.3) is 0 Å². The number of aliphatic hydroxyl groups is 3. The van der Waals surface area contributed by atoms with Crippen LogP contribution in [0, 0.1) is 0 Å². The highest BCUT2D eigenvalue weighted by Gasteiger charge is 2.30. The third kappa shape index (κ3) is 9.29. The molecule has 5 unspecified atom stereocenters. The number of carbonyl (C=O) groups is 5. The van der Waals surface area contributed by atoms with Crippen molar-refractivity contribution in [3.8, 4) is 0 Å². The Morgan fingerprint density at radius 3 is 1.62 bits per heavy atom. The van der Waals surface area contributed by atoms with Crippen LogP contribution in [-0.2, 0) is 24.0 Å². The summed E-state index contributed by atoms with van der Waals surface area (Å²) in [6.07, 6.45) is -1.87. The van der Waals surface area contributed by atoms with Crippen molar-refractivity contribution in [1.82, 2.24) is 16.0 Å². The Morgan fingerprint density at radius 2 is 1.28 bits per heavy atom. The van der Waals surface area contributed by atoms with Crippen molar-refractivity contribution in [3.05, 3.63) is 0 Å². The molecule has 0 aromatic rings. The minimum absolute atomic E-state index is 0.310. The minimum Gasteiger partial charge on any atom is -0.480 e. The number of carbonyl (C=O) groups excluding carboxylic acids is 4. The largest absolute Gasteiger partial charge is 0.480 e. The summed E-state index contributed by atoms with van der Waals surface area (Å²) in [4.78, 5) is 58.0. The summed E-state index contributed by atoms with van der Waals surface area (Å²) in [5, 5.41) is 43.0. The molecule has 4 amide bonds. The molecule has 0 aliphatic carbocycles. The fraction of sp³-hybridized carbons (Fsp3) is 0.667. The van der Waals surface area contributed by atoms with E-state index in [1.807, 2.05) is 10.6 Å². The van der Waals surface area contributed by atoms with Gasteiger partial charge >= 0.3 is 5.97 Å². The zero-order valence-electron chi connectivity index (χ0n) is 15.7. The highest BCUT2D eigenvalue weighted by Crippen LogP contribution is 1.99. The molecule has 5 atom stereocenters. The first kappa shape index (κ1) is 26.2. The number of hydrogen-bond donors (Lipinski definition) is 9. The summed E-state index contributed by atoms with van der Waals surface area (Å²) in [5.41, 5.74) is 10.3. The molecule has 0 bridgehead atoms. The predicted octanol–water partition coefficient (Wildman–Crippen LogP) is -5.52. The molecule has 166 valence electrons. The highest BCUT2D eigenvalue weighted by molar-refractivity contribution is 5.94. The van der Waals surface area contributed by atoms with Crippen molar-refractivity contribution in [2.24, 2.45) is 11.5 Å². The van der Waals surface area contributed by atoms with Gasteiger partial charge in [-0.1, -0.05) is 0 Å². The predicted molar refractivity (Wildman–Crippen MR) is 95.7 cm³/mol. The van der Waals surface area contributed by atoms with Crippen molar-refractivity contribution in [2.75, 3.05) is 13.2 Å². The Labute approximate surface area is 165 Å². The van der Waals surface area contributed by atoms with Gasteiger partial charge in [-0.2, -0.15) is 0 Å². The molecule has 0 aliphatic rings. The lowest BCUT2D eigenvalue weighted by atomic mass is 10.1. The maximum atomic E-state index is 12.2. The Hall–Kier alpha value is -2.81. The summed E-state index contributed by atoms with van der Waals surface area (Å²) in [5.74, 6) is -5.35. The zero-order chi connectivity index (χ0) is 22.7. The van der Waals surface area contributed by atoms with Crippen molar-refractivity contribution in [3.63, 3.8) is 0 Å². The third-order valence-electron chi connectivity index (χ3n) is 3.75. The van der Waals surface area contributed by atoms with Crippen LogP contribution in [0.3, 0.4) is 0 Å². The SMILES string of the molecule is CC(O)C(N)C(=O)NC(CO)C(=O)NC(CO)C(=O)NC(CCC(N)=O)C(=O)O. The van der Waals surface area contributed by atoms with Gasteiger partial charge in [0.05, 0.1) is 19.3 Å². The molecule has 0 rings (SSSR count). The summed E-state index contributed by atoms with van der Waals surface area (Å²) >= 11 is 0. The van der Waals surface area contributed by atoms with Crippen LogP contribution < -0.4 is 27.4 Å². The van der Waals surface area contributed by atoms with Gasteiger partial charge in [0, 0.05) is 6.42 Å². The summed E-state index contributed by atoms with van der Waals surface area (Å²) in [6.45, 7) is -0.583. The van der Waals surface area contributed by atoms with Gasteiger partial charge in [0.25, 0.3) is 0 Å². The Bertz CT molecular complexity index is 613. The average Bonchev–Trinajstić information content (AvgIpc) is 2.65. The maximum Gasteiger partial charge on any atom is 0.326 e.